The van der Waals surface area contributed by atoms with Crippen molar-refractivity contribution in [2.75, 3.05) is 5.75 Å². The Kier molecular flexibility index (Phi) is 4.51. The molecule has 3 rings (SSSR count). The highest BCUT2D eigenvalue weighted by atomic mass is 79.9. The maximum atomic E-state index is 10.8. The van der Waals surface area contributed by atoms with Crippen LogP contribution in [0.4, 0.5) is 0 Å². The molecule has 0 radical (unpaired) electrons. The summed E-state index contributed by atoms with van der Waals surface area (Å²) in [5.74, 6) is -0.962. The van der Waals surface area contributed by atoms with Crippen molar-refractivity contribution < 1.29 is 9.90 Å². The van der Waals surface area contributed by atoms with E-state index in [1.54, 1.807) is 0 Å². The zero-order valence-electron chi connectivity index (χ0n) is 11.0. The third kappa shape index (κ3) is 2.90. The van der Waals surface area contributed by atoms with Gasteiger partial charge in [-0.05, 0) is 33.4 Å². The molecule has 0 aliphatic heterocycles. The van der Waals surface area contributed by atoms with Crippen molar-refractivity contribution in [3.05, 3.63) is 45.6 Å². The lowest BCUT2D eigenvalue weighted by Gasteiger charge is -2.11. The molecule has 0 fully saturated rings. The number of thioether (sulfide) groups is 1. The second kappa shape index (κ2) is 6.39. The molecule has 0 unspecified atom stereocenters. The van der Waals surface area contributed by atoms with Crippen molar-refractivity contribution in [1.82, 2.24) is 14.8 Å². The van der Waals surface area contributed by atoms with Gasteiger partial charge in [0.1, 0.15) is 0 Å². The highest BCUT2D eigenvalue weighted by molar-refractivity contribution is 9.10. The number of aliphatic carboxylic acids is 1. The van der Waals surface area contributed by atoms with Gasteiger partial charge in [-0.25, -0.2) is 0 Å². The van der Waals surface area contributed by atoms with Crippen LogP contribution in [0.2, 0.25) is 0 Å². The van der Waals surface area contributed by atoms with E-state index in [1.807, 2.05) is 41.0 Å². The first-order valence-corrected chi connectivity index (χ1v) is 8.78. The lowest BCUT2D eigenvalue weighted by Crippen LogP contribution is -2.02. The van der Waals surface area contributed by atoms with Crippen LogP contribution in [0, 0.1) is 0 Å². The first-order valence-electron chi connectivity index (χ1n) is 6.21. The molecule has 0 atom stereocenters. The third-order valence-electron chi connectivity index (χ3n) is 3.01. The number of nitrogens with zero attached hydrogens (tertiary/aromatic N) is 3. The fourth-order valence-electron chi connectivity index (χ4n) is 2.12. The van der Waals surface area contributed by atoms with Gasteiger partial charge >= 0.3 is 5.97 Å². The summed E-state index contributed by atoms with van der Waals surface area (Å²) in [4.78, 5) is 10.8. The second-order valence-corrected chi connectivity index (χ2v) is 6.89. The van der Waals surface area contributed by atoms with Gasteiger partial charge in [0.15, 0.2) is 5.16 Å². The molecule has 0 saturated heterocycles. The van der Waals surface area contributed by atoms with Crippen LogP contribution >= 0.6 is 43.6 Å². The van der Waals surface area contributed by atoms with Gasteiger partial charge in [-0.15, -0.1) is 10.2 Å². The Morgan fingerprint density at radius 3 is 2.59 bits per heavy atom. The highest BCUT2D eigenvalue weighted by Crippen LogP contribution is 2.33. The summed E-state index contributed by atoms with van der Waals surface area (Å²) in [6.07, 6.45) is 0. The van der Waals surface area contributed by atoms with Crippen LogP contribution < -0.4 is 0 Å². The third-order valence-corrected chi connectivity index (χ3v) is 5.13. The van der Waals surface area contributed by atoms with Crippen LogP contribution in [0.25, 0.3) is 16.5 Å². The number of carbonyl (C=O) groups is 1. The Morgan fingerprint density at radius 1 is 1.14 bits per heavy atom. The van der Waals surface area contributed by atoms with E-state index in [2.05, 4.69) is 42.1 Å². The van der Waals surface area contributed by atoms with Crippen LogP contribution in [0.5, 0.6) is 0 Å². The number of carboxylic acid groups (broad SMARTS) is 1. The monoisotopic (exact) mass is 441 g/mol. The standard InChI is InChI=1S/C14H9Br2N3O2S/c15-10-5-6-11(9-4-2-1-3-8(9)10)19-13(16)17-18-14(19)22-7-12(20)21/h1-6H,7H2,(H,20,21). The maximum Gasteiger partial charge on any atom is 0.313 e. The molecule has 22 heavy (non-hydrogen) atoms. The van der Waals surface area contributed by atoms with E-state index in [9.17, 15) is 4.79 Å². The molecule has 5 nitrogen and oxygen atoms in total. The van der Waals surface area contributed by atoms with Gasteiger partial charge in [-0.3, -0.25) is 9.36 Å². The van der Waals surface area contributed by atoms with E-state index in [0.717, 1.165) is 32.7 Å². The van der Waals surface area contributed by atoms with Crippen molar-refractivity contribution >= 4 is 60.4 Å². The normalized spacial score (nSPS) is 11.0. The van der Waals surface area contributed by atoms with Gasteiger partial charge in [-0.2, -0.15) is 0 Å². The fraction of sp³-hybridized carbons (Fsp3) is 0.0714. The molecule has 0 spiro atoms. The van der Waals surface area contributed by atoms with E-state index in [4.69, 9.17) is 5.11 Å². The predicted octanol–water partition coefficient (Wildman–Crippen LogP) is 4.12. The molecule has 1 aromatic heterocycles. The van der Waals surface area contributed by atoms with E-state index in [1.165, 1.54) is 0 Å². The molecule has 1 heterocycles. The molecule has 0 aliphatic rings. The topological polar surface area (TPSA) is 68.0 Å². The fourth-order valence-corrected chi connectivity index (χ4v) is 3.81. The van der Waals surface area contributed by atoms with Crippen LogP contribution in [0.1, 0.15) is 0 Å². The van der Waals surface area contributed by atoms with Gasteiger partial charge in [0, 0.05) is 9.86 Å². The van der Waals surface area contributed by atoms with Crippen molar-refractivity contribution in [2.45, 2.75) is 5.16 Å². The number of hydrogen-bond acceptors (Lipinski definition) is 4. The first-order chi connectivity index (χ1) is 10.6. The maximum absolute atomic E-state index is 10.8. The molecule has 8 heteroatoms. The zero-order valence-corrected chi connectivity index (χ0v) is 15.0. The number of hydrogen-bond donors (Lipinski definition) is 1. The first kappa shape index (κ1) is 15.5. The zero-order chi connectivity index (χ0) is 15.7. The number of fused-ring (bicyclic) bond motifs is 1. The van der Waals surface area contributed by atoms with E-state index in [-0.39, 0.29) is 5.75 Å². The summed E-state index contributed by atoms with van der Waals surface area (Å²) < 4.78 is 3.34. The Morgan fingerprint density at radius 2 is 1.86 bits per heavy atom. The van der Waals surface area contributed by atoms with Crippen molar-refractivity contribution in [1.29, 1.82) is 0 Å². The lowest BCUT2D eigenvalue weighted by atomic mass is 10.1. The van der Waals surface area contributed by atoms with Crippen LogP contribution in [0.3, 0.4) is 0 Å². The average Bonchev–Trinajstić information content (AvgIpc) is 2.87. The van der Waals surface area contributed by atoms with Crippen molar-refractivity contribution in [3.8, 4) is 5.69 Å². The molecule has 0 bridgehead atoms. The number of benzene rings is 2. The molecule has 0 amide bonds. The second-order valence-electron chi connectivity index (χ2n) is 4.38. The number of carboxylic acids is 1. The minimum Gasteiger partial charge on any atom is -0.481 e. The summed E-state index contributed by atoms with van der Waals surface area (Å²) in [6.45, 7) is 0. The van der Waals surface area contributed by atoms with Gasteiger partial charge in [0.05, 0.1) is 11.4 Å². The minimum absolute atomic E-state index is 0.0698. The summed E-state index contributed by atoms with van der Waals surface area (Å²) in [7, 11) is 0. The minimum atomic E-state index is -0.892. The largest absolute Gasteiger partial charge is 0.481 e. The SMILES string of the molecule is O=C(O)CSc1nnc(Br)n1-c1ccc(Br)c2ccccc12. The average molecular weight is 443 g/mol. The smallest absolute Gasteiger partial charge is 0.313 e. The molecule has 0 aliphatic carbocycles. The molecule has 1 N–H and O–H groups in total. The number of aromatic nitrogens is 3. The Labute approximate surface area is 147 Å². The van der Waals surface area contributed by atoms with Gasteiger partial charge in [0.2, 0.25) is 4.73 Å². The summed E-state index contributed by atoms with van der Waals surface area (Å²) in [6, 6.07) is 11.9. The Bertz CT molecular complexity index is 866. The quantitative estimate of drug-likeness (QED) is 0.615. The predicted molar refractivity (Wildman–Crippen MR) is 92.6 cm³/mol. The van der Waals surface area contributed by atoms with Crippen LogP contribution in [0.15, 0.2) is 50.8 Å². The van der Waals surface area contributed by atoms with Crippen LogP contribution in [-0.2, 0) is 4.79 Å². The molecular formula is C14H9Br2N3O2S. The summed E-state index contributed by atoms with van der Waals surface area (Å²) in [5.41, 5.74) is 0.892. The van der Waals surface area contributed by atoms with Crippen molar-refractivity contribution in [2.24, 2.45) is 0 Å². The lowest BCUT2D eigenvalue weighted by molar-refractivity contribution is -0.133. The van der Waals surface area contributed by atoms with Crippen molar-refractivity contribution in [3.63, 3.8) is 0 Å². The Hall–Kier alpha value is -1.38. The van der Waals surface area contributed by atoms with Gasteiger partial charge in [0.25, 0.3) is 0 Å². The van der Waals surface area contributed by atoms with Gasteiger partial charge < -0.3 is 5.11 Å². The van der Waals surface area contributed by atoms with E-state index >= 15 is 0 Å². The molecule has 2 aromatic carbocycles. The van der Waals surface area contributed by atoms with Crippen LogP contribution in [-0.4, -0.2) is 31.6 Å². The summed E-state index contributed by atoms with van der Waals surface area (Å²) in [5, 5.41) is 19.5. The van der Waals surface area contributed by atoms with E-state index in [0.29, 0.717) is 9.89 Å². The molecule has 3 aromatic rings. The number of halogens is 2. The highest BCUT2D eigenvalue weighted by Gasteiger charge is 2.16. The summed E-state index contributed by atoms with van der Waals surface area (Å²) >= 11 is 8.06. The van der Waals surface area contributed by atoms with Gasteiger partial charge in [-0.1, -0.05) is 52.0 Å². The Balaban J connectivity index is 2.18. The molecule has 0 saturated carbocycles. The van der Waals surface area contributed by atoms with E-state index < -0.39 is 5.97 Å². The number of rotatable bonds is 4. The molecule has 112 valence electrons. The molecular weight excluding hydrogens is 434 g/mol.